The molecule has 1 aliphatic rings. The van der Waals surface area contributed by atoms with Crippen molar-refractivity contribution in [1.29, 1.82) is 0 Å². The number of carbonyl (C=O) groups is 2. The summed E-state index contributed by atoms with van der Waals surface area (Å²) in [4.78, 5) is 23.0. The SMILES string of the molecule is CCNC(=O)c1ccc(OCC(=O)NC2CC2)cc1. The molecular weight excluding hydrogens is 244 g/mol. The number of carbonyl (C=O) groups excluding carboxylic acids is 2. The molecule has 0 bridgehead atoms. The smallest absolute Gasteiger partial charge is 0.258 e. The van der Waals surface area contributed by atoms with Crippen LogP contribution in [-0.4, -0.2) is 31.0 Å². The highest BCUT2D eigenvalue weighted by atomic mass is 16.5. The Morgan fingerprint density at radius 2 is 1.95 bits per heavy atom. The van der Waals surface area contributed by atoms with Gasteiger partial charge in [-0.3, -0.25) is 9.59 Å². The molecule has 0 aliphatic heterocycles. The first-order valence-electron chi connectivity index (χ1n) is 6.49. The van der Waals surface area contributed by atoms with Crippen molar-refractivity contribution < 1.29 is 14.3 Å². The summed E-state index contributed by atoms with van der Waals surface area (Å²) in [6.45, 7) is 2.48. The molecule has 1 aromatic rings. The lowest BCUT2D eigenvalue weighted by Gasteiger charge is -2.07. The van der Waals surface area contributed by atoms with Crippen molar-refractivity contribution >= 4 is 11.8 Å². The quantitative estimate of drug-likeness (QED) is 0.806. The lowest BCUT2D eigenvalue weighted by molar-refractivity contribution is -0.123. The van der Waals surface area contributed by atoms with E-state index in [-0.39, 0.29) is 18.4 Å². The van der Waals surface area contributed by atoms with E-state index >= 15 is 0 Å². The van der Waals surface area contributed by atoms with Gasteiger partial charge in [0.05, 0.1) is 0 Å². The number of ether oxygens (including phenoxy) is 1. The molecule has 0 spiro atoms. The molecule has 5 nitrogen and oxygen atoms in total. The van der Waals surface area contributed by atoms with Crippen molar-refractivity contribution in [1.82, 2.24) is 10.6 Å². The Kier molecular flexibility index (Phi) is 4.39. The van der Waals surface area contributed by atoms with Crippen LogP contribution < -0.4 is 15.4 Å². The highest BCUT2D eigenvalue weighted by molar-refractivity contribution is 5.94. The zero-order valence-electron chi connectivity index (χ0n) is 10.9. The molecule has 0 atom stereocenters. The van der Waals surface area contributed by atoms with Crippen molar-refractivity contribution in [3.8, 4) is 5.75 Å². The van der Waals surface area contributed by atoms with Crippen molar-refractivity contribution in [2.45, 2.75) is 25.8 Å². The first-order valence-corrected chi connectivity index (χ1v) is 6.49. The van der Waals surface area contributed by atoms with Gasteiger partial charge in [0.2, 0.25) is 0 Å². The van der Waals surface area contributed by atoms with Gasteiger partial charge in [-0.05, 0) is 44.0 Å². The second-order valence-corrected chi connectivity index (χ2v) is 4.51. The largest absolute Gasteiger partial charge is 0.484 e. The lowest BCUT2D eigenvalue weighted by atomic mass is 10.2. The molecule has 0 aromatic heterocycles. The van der Waals surface area contributed by atoms with E-state index in [2.05, 4.69) is 10.6 Å². The number of amides is 2. The molecule has 5 heteroatoms. The average molecular weight is 262 g/mol. The minimum absolute atomic E-state index is 0.0109. The van der Waals surface area contributed by atoms with Gasteiger partial charge in [0, 0.05) is 18.2 Å². The molecule has 1 aliphatic carbocycles. The van der Waals surface area contributed by atoms with Gasteiger partial charge in [0.25, 0.3) is 11.8 Å². The first-order chi connectivity index (χ1) is 9.19. The normalized spacial score (nSPS) is 13.7. The van der Waals surface area contributed by atoms with Gasteiger partial charge in [0.1, 0.15) is 5.75 Å². The zero-order chi connectivity index (χ0) is 13.7. The highest BCUT2D eigenvalue weighted by Gasteiger charge is 2.23. The van der Waals surface area contributed by atoms with Crippen molar-refractivity contribution in [2.24, 2.45) is 0 Å². The predicted octanol–water partition coefficient (Wildman–Crippen LogP) is 1.09. The number of hydrogen-bond donors (Lipinski definition) is 2. The maximum atomic E-state index is 11.5. The maximum Gasteiger partial charge on any atom is 0.258 e. The number of hydrogen-bond acceptors (Lipinski definition) is 3. The van der Waals surface area contributed by atoms with Crippen LogP contribution in [0.3, 0.4) is 0 Å². The monoisotopic (exact) mass is 262 g/mol. The fourth-order valence-electron chi connectivity index (χ4n) is 1.61. The Morgan fingerprint density at radius 1 is 1.26 bits per heavy atom. The van der Waals surface area contributed by atoms with Gasteiger partial charge in [0.15, 0.2) is 6.61 Å². The number of nitrogens with one attached hydrogen (secondary N) is 2. The minimum Gasteiger partial charge on any atom is -0.484 e. The van der Waals surface area contributed by atoms with E-state index in [0.29, 0.717) is 23.9 Å². The zero-order valence-corrected chi connectivity index (χ0v) is 10.9. The van der Waals surface area contributed by atoms with E-state index in [4.69, 9.17) is 4.74 Å². The average Bonchev–Trinajstić information content (AvgIpc) is 3.21. The van der Waals surface area contributed by atoms with E-state index in [1.807, 2.05) is 6.92 Å². The van der Waals surface area contributed by atoms with Gasteiger partial charge in [-0.2, -0.15) is 0 Å². The topological polar surface area (TPSA) is 67.4 Å². The van der Waals surface area contributed by atoms with E-state index < -0.39 is 0 Å². The summed E-state index contributed by atoms with van der Waals surface area (Å²) >= 11 is 0. The Bertz CT molecular complexity index is 452. The van der Waals surface area contributed by atoms with E-state index in [9.17, 15) is 9.59 Å². The maximum absolute atomic E-state index is 11.5. The fraction of sp³-hybridized carbons (Fsp3) is 0.429. The van der Waals surface area contributed by atoms with Gasteiger partial charge in [-0.25, -0.2) is 0 Å². The van der Waals surface area contributed by atoms with Gasteiger partial charge in [-0.15, -0.1) is 0 Å². The Morgan fingerprint density at radius 3 is 2.53 bits per heavy atom. The van der Waals surface area contributed by atoms with Crippen molar-refractivity contribution in [3.05, 3.63) is 29.8 Å². The fourth-order valence-corrected chi connectivity index (χ4v) is 1.61. The summed E-state index contributed by atoms with van der Waals surface area (Å²) in [6, 6.07) is 7.08. The lowest BCUT2D eigenvalue weighted by Crippen LogP contribution is -2.30. The second kappa shape index (κ2) is 6.22. The van der Waals surface area contributed by atoms with Crippen LogP contribution in [0.1, 0.15) is 30.1 Å². The summed E-state index contributed by atoms with van der Waals surface area (Å²) in [5, 5.41) is 5.56. The molecule has 102 valence electrons. The molecular formula is C14H18N2O3. The van der Waals surface area contributed by atoms with E-state index in [0.717, 1.165) is 12.8 Å². The molecule has 2 rings (SSSR count). The molecule has 0 unspecified atom stereocenters. The standard InChI is InChI=1S/C14H18N2O3/c1-2-15-14(18)10-3-7-12(8-4-10)19-9-13(17)16-11-5-6-11/h3-4,7-8,11H,2,5-6,9H2,1H3,(H,15,18)(H,16,17). The minimum atomic E-state index is -0.111. The molecule has 2 N–H and O–H groups in total. The molecule has 0 heterocycles. The third kappa shape index (κ3) is 4.28. The summed E-state index contributed by atoms with van der Waals surface area (Å²) in [6.07, 6.45) is 2.12. The molecule has 0 saturated heterocycles. The predicted molar refractivity (Wildman–Crippen MR) is 71.1 cm³/mol. The number of rotatable bonds is 6. The van der Waals surface area contributed by atoms with Crippen LogP contribution in [0.2, 0.25) is 0 Å². The third-order valence-corrected chi connectivity index (χ3v) is 2.77. The highest BCUT2D eigenvalue weighted by Crippen LogP contribution is 2.18. The van der Waals surface area contributed by atoms with Crippen LogP contribution in [0.25, 0.3) is 0 Å². The first kappa shape index (κ1) is 13.4. The molecule has 1 aromatic carbocycles. The van der Waals surface area contributed by atoms with Crippen LogP contribution in [0.5, 0.6) is 5.75 Å². The Labute approximate surface area is 112 Å². The van der Waals surface area contributed by atoms with Crippen LogP contribution >= 0.6 is 0 Å². The van der Waals surface area contributed by atoms with Gasteiger partial charge >= 0.3 is 0 Å². The van der Waals surface area contributed by atoms with E-state index in [1.165, 1.54) is 0 Å². The Balaban J connectivity index is 1.80. The van der Waals surface area contributed by atoms with Crippen molar-refractivity contribution in [3.63, 3.8) is 0 Å². The summed E-state index contributed by atoms with van der Waals surface area (Å²) in [5.41, 5.74) is 0.580. The molecule has 19 heavy (non-hydrogen) atoms. The van der Waals surface area contributed by atoms with Gasteiger partial charge < -0.3 is 15.4 Å². The molecule has 0 radical (unpaired) electrons. The summed E-state index contributed by atoms with van der Waals surface area (Å²) < 4.78 is 5.35. The summed E-state index contributed by atoms with van der Waals surface area (Å²) in [7, 11) is 0. The summed E-state index contributed by atoms with van der Waals surface area (Å²) in [5.74, 6) is 0.370. The molecule has 1 fully saturated rings. The van der Waals surface area contributed by atoms with Crippen molar-refractivity contribution in [2.75, 3.05) is 13.2 Å². The Hall–Kier alpha value is -2.04. The molecule has 1 saturated carbocycles. The number of benzene rings is 1. The van der Waals surface area contributed by atoms with E-state index in [1.54, 1.807) is 24.3 Å². The van der Waals surface area contributed by atoms with Crippen LogP contribution in [-0.2, 0) is 4.79 Å². The van der Waals surface area contributed by atoms with Crippen LogP contribution in [0.4, 0.5) is 0 Å². The van der Waals surface area contributed by atoms with Crippen LogP contribution in [0.15, 0.2) is 24.3 Å². The second-order valence-electron chi connectivity index (χ2n) is 4.51. The van der Waals surface area contributed by atoms with Crippen LogP contribution in [0, 0.1) is 0 Å². The van der Waals surface area contributed by atoms with Gasteiger partial charge in [-0.1, -0.05) is 0 Å². The molecule has 2 amide bonds. The third-order valence-electron chi connectivity index (χ3n) is 2.77.